The van der Waals surface area contributed by atoms with Crippen LogP contribution in [0.1, 0.15) is 5.56 Å². The van der Waals surface area contributed by atoms with Crippen molar-refractivity contribution < 1.29 is 14.3 Å². The summed E-state index contributed by atoms with van der Waals surface area (Å²) in [6.45, 7) is 0.813. The first-order chi connectivity index (χ1) is 11.1. The molecule has 0 fully saturated rings. The lowest BCUT2D eigenvalue weighted by Crippen LogP contribution is -2.41. The fourth-order valence-corrected chi connectivity index (χ4v) is 1.93. The molecular formula is C17H17ClN2O3. The molecule has 0 saturated heterocycles. The molecule has 0 saturated carbocycles. The molecule has 0 aliphatic carbocycles. The summed E-state index contributed by atoms with van der Waals surface area (Å²) in [5.41, 5.74) is 0.930. The normalized spacial score (nSPS) is 9.96. The maximum atomic E-state index is 11.6. The molecule has 0 heterocycles. The molecule has 120 valence electrons. The van der Waals surface area contributed by atoms with Gasteiger partial charge in [0.15, 0.2) is 0 Å². The molecule has 23 heavy (non-hydrogen) atoms. The SMILES string of the molecule is O=C(NCCOc1ccc(Cl)cc1)C(=O)NCc1ccccc1. The zero-order valence-corrected chi connectivity index (χ0v) is 13.2. The molecular weight excluding hydrogens is 316 g/mol. The number of ether oxygens (including phenoxy) is 1. The van der Waals surface area contributed by atoms with E-state index in [4.69, 9.17) is 16.3 Å². The molecule has 2 aromatic carbocycles. The van der Waals surface area contributed by atoms with Gasteiger partial charge in [0.25, 0.3) is 0 Å². The Hall–Kier alpha value is -2.53. The zero-order chi connectivity index (χ0) is 16.5. The number of benzene rings is 2. The first-order valence-corrected chi connectivity index (χ1v) is 7.51. The number of carbonyl (C=O) groups is 2. The third-order valence-corrected chi connectivity index (χ3v) is 3.22. The predicted molar refractivity (Wildman–Crippen MR) is 88.2 cm³/mol. The van der Waals surface area contributed by atoms with E-state index in [-0.39, 0.29) is 13.2 Å². The van der Waals surface area contributed by atoms with Gasteiger partial charge in [-0.25, -0.2) is 0 Å². The molecule has 0 unspecified atom stereocenters. The number of amides is 2. The van der Waals surface area contributed by atoms with Gasteiger partial charge >= 0.3 is 11.8 Å². The highest BCUT2D eigenvalue weighted by Crippen LogP contribution is 2.15. The van der Waals surface area contributed by atoms with E-state index in [1.807, 2.05) is 30.3 Å². The van der Waals surface area contributed by atoms with Crippen molar-refractivity contribution in [2.75, 3.05) is 13.2 Å². The quantitative estimate of drug-likeness (QED) is 0.629. The van der Waals surface area contributed by atoms with Gasteiger partial charge in [0, 0.05) is 11.6 Å². The Bertz CT molecular complexity index is 645. The second kappa shape index (κ2) is 8.80. The van der Waals surface area contributed by atoms with E-state index in [1.54, 1.807) is 24.3 Å². The summed E-state index contributed by atoms with van der Waals surface area (Å²) in [5, 5.41) is 5.68. The molecule has 0 aromatic heterocycles. The fourth-order valence-electron chi connectivity index (χ4n) is 1.80. The lowest BCUT2D eigenvalue weighted by atomic mass is 10.2. The van der Waals surface area contributed by atoms with Crippen LogP contribution < -0.4 is 15.4 Å². The summed E-state index contributed by atoms with van der Waals surface area (Å²) in [6.07, 6.45) is 0. The van der Waals surface area contributed by atoms with Gasteiger partial charge in [-0.15, -0.1) is 0 Å². The first kappa shape index (κ1) is 16.8. The van der Waals surface area contributed by atoms with Crippen LogP contribution >= 0.6 is 11.6 Å². The third-order valence-electron chi connectivity index (χ3n) is 2.97. The van der Waals surface area contributed by atoms with Crippen molar-refractivity contribution in [1.29, 1.82) is 0 Å². The van der Waals surface area contributed by atoms with Crippen LogP contribution in [-0.4, -0.2) is 25.0 Å². The molecule has 0 atom stereocenters. The van der Waals surface area contributed by atoms with Crippen LogP contribution in [0.5, 0.6) is 5.75 Å². The summed E-state index contributed by atoms with van der Waals surface area (Å²) < 4.78 is 5.42. The number of halogens is 1. The molecule has 2 aromatic rings. The van der Waals surface area contributed by atoms with Crippen LogP contribution in [-0.2, 0) is 16.1 Å². The van der Waals surface area contributed by atoms with Crippen molar-refractivity contribution in [2.45, 2.75) is 6.54 Å². The maximum Gasteiger partial charge on any atom is 0.309 e. The number of hydrogen-bond donors (Lipinski definition) is 2. The van der Waals surface area contributed by atoms with E-state index in [2.05, 4.69) is 10.6 Å². The summed E-state index contributed by atoms with van der Waals surface area (Å²) in [7, 11) is 0. The summed E-state index contributed by atoms with van der Waals surface area (Å²) in [6, 6.07) is 16.3. The van der Waals surface area contributed by atoms with Gasteiger partial charge in [0.2, 0.25) is 0 Å². The van der Waals surface area contributed by atoms with Crippen molar-refractivity contribution in [3.05, 3.63) is 65.2 Å². The Balaban J connectivity index is 1.64. The minimum absolute atomic E-state index is 0.236. The number of carbonyl (C=O) groups excluding carboxylic acids is 2. The third kappa shape index (κ3) is 6.00. The van der Waals surface area contributed by atoms with Gasteiger partial charge in [-0.2, -0.15) is 0 Å². The van der Waals surface area contributed by atoms with Crippen molar-refractivity contribution >= 4 is 23.4 Å². The maximum absolute atomic E-state index is 11.6. The highest BCUT2D eigenvalue weighted by molar-refractivity contribution is 6.35. The van der Waals surface area contributed by atoms with Crippen LogP contribution in [0, 0.1) is 0 Å². The molecule has 6 heteroatoms. The first-order valence-electron chi connectivity index (χ1n) is 7.13. The predicted octanol–water partition coefficient (Wildman–Crippen LogP) is 2.15. The van der Waals surface area contributed by atoms with Gasteiger partial charge in [0.05, 0.1) is 6.54 Å². The van der Waals surface area contributed by atoms with Crippen molar-refractivity contribution in [1.82, 2.24) is 10.6 Å². The average molecular weight is 333 g/mol. The van der Waals surface area contributed by atoms with Gasteiger partial charge in [-0.05, 0) is 29.8 Å². The van der Waals surface area contributed by atoms with E-state index < -0.39 is 11.8 Å². The molecule has 2 rings (SSSR count). The van der Waals surface area contributed by atoms with E-state index in [0.717, 1.165) is 5.56 Å². The summed E-state index contributed by atoms with van der Waals surface area (Å²) >= 11 is 5.77. The van der Waals surface area contributed by atoms with Gasteiger partial charge < -0.3 is 15.4 Å². The Labute approximate surface area is 139 Å². The Morgan fingerprint density at radius 2 is 1.57 bits per heavy atom. The smallest absolute Gasteiger partial charge is 0.309 e. The molecule has 2 N–H and O–H groups in total. The van der Waals surface area contributed by atoms with Crippen molar-refractivity contribution in [3.63, 3.8) is 0 Å². The molecule has 0 spiro atoms. The highest BCUT2D eigenvalue weighted by atomic mass is 35.5. The van der Waals surface area contributed by atoms with Gasteiger partial charge in [-0.3, -0.25) is 9.59 Å². The van der Waals surface area contributed by atoms with E-state index >= 15 is 0 Å². The second-order valence-electron chi connectivity index (χ2n) is 4.73. The van der Waals surface area contributed by atoms with Crippen LogP contribution in [0.2, 0.25) is 5.02 Å². The molecule has 0 aliphatic rings. The van der Waals surface area contributed by atoms with Crippen LogP contribution in [0.15, 0.2) is 54.6 Å². The molecule has 0 aliphatic heterocycles. The van der Waals surface area contributed by atoms with Gasteiger partial charge in [-0.1, -0.05) is 41.9 Å². The van der Waals surface area contributed by atoms with E-state index in [1.165, 1.54) is 0 Å². The monoisotopic (exact) mass is 332 g/mol. The second-order valence-corrected chi connectivity index (χ2v) is 5.16. The Kier molecular flexibility index (Phi) is 6.44. The van der Waals surface area contributed by atoms with Crippen LogP contribution in [0.25, 0.3) is 0 Å². The standard InChI is InChI=1S/C17H17ClN2O3/c18-14-6-8-15(9-7-14)23-11-10-19-16(21)17(22)20-12-13-4-2-1-3-5-13/h1-9H,10-12H2,(H,19,21)(H,20,22). The molecule has 2 amide bonds. The number of rotatable bonds is 6. The van der Waals surface area contributed by atoms with Crippen molar-refractivity contribution in [2.24, 2.45) is 0 Å². The lowest BCUT2D eigenvalue weighted by molar-refractivity contribution is -0.139. The van der Waals surface area contributed by atoms with Crippen LogP contribution in [0.4, 0.5) is 0 Å². The Morgan fingerprint density at radius 3 is 2.26 bits per heavy atom. The van der Waals surface area contributed by atoms with E-state index in [9.17, 15) is 9.59 Å². The zero-order valence-electron chi connectivity index (χ0n) is 12.4. The van der Waals surface area contributed by atoms with Crippen molar-refractivity contribution in [3.8, 4) is 5.75 Å². The minimum Gasteiger partial charge on any atom is -0.492 e. The largest absolute Gasteiger partial charge is 0.492 e. The average Bonchev–Trinajstić information content (AvgIpc) is 2.59. The van der Waals surface area contributed by atoms with E-state index in [0.29, 0.717) is 17.3 Å². The number of hydrogen-bond acceptors (Lipinski definition) is 3. The molecule has 5 nitrogen and oxygen atoms in total. The van der Waals surface area contributed by atoms with Gasteiger partial charge in [0.1, 0.15) is 12.4 Å². The Morgan fingerprint density at radius 1 is 0.913 bits per heavy atom. The highest BCUT2D eigenvalue weighted by Gasteiger charge is 2.12. The molecule has 0 bridgehead atoms. The van der Waals surface area contributed by atoms with Crippen LogP contribution in [0.3, 0.4) is 0 Å². The topological polar surface area (TPSA) is 67.4 Å². The lowest BCUT2D eigenvalue weighted by Gasteiger charge is -2.08. The minimum atomic E-state index is -0.680. The fraction of sp³-hybridized carbons (Fsp3) is 0.176. The molecule has 0 radical (unpaired) electrons. The number of nitrogens with one attached hydrogen (secondary N) is 2. The summed E-state index contributed by atoms with van der Waals surface area (Å²) in [5.74, 6) is -0.696. The summed E-state index contributed by atoms with van der Waals surface area (Å²) in [4.78, 5) is 23.3.